The van der Waals surface area contributed by atoms with Crippen LogP contribution in [0.3, 0.4) is 0 Å². The largest absolute Gasteiger partial charge is 0.388 e. The molecule has 0 spiro atoms. The van der Waals surface area contributed by atoms with E-state index in [1.165, 1.54) is 12.8 Å². The zero-order valence-electron chi connectivity index (χ0n) is 8.36. The highest BCUT2D eigenvalue weighted by atomic mass is 32.1. The average molecular weight is 212 g/mol. The van der Waals surface area contributed by atoms with Crippen molar-refractivity contribution < 1.29 is 5.11 Å². The zero-order chi connectivity index (χ0) is 10.0. The van der Waals surface area contributed by atoms with Crippen molar-refractivity contribution in [1.82, 2.24) is 10.3 Å². The van der Waals surface area contributed by atoms with Crippen LogP contribution in [0.2, 0.25) is 0 Å². The molecule has 4 heteroatoms. The molecule has 0 radical (unpaired) electrons. The van der Waals surface area contributed by atoms with Crippen LogP contribution in [0.4, 0.5) is 0 Å². The first kappa shape index (κ1) is 10.1. The molecule has 0 saturated heterocycles. The van der Waals surface area contributed by atoms with Gasteiger partial charge < -0.3 is 10.4 Å². The standard InChI is InChI=1S/C10H16N2OS/c1-10(13,6-12-8-2-3-8)4-9-5-11-7-14-9/h5,7-8,12-13H,2-4,6H2,1H3. The van der Waals surface area contributed by atoms with E-state index < -0.39 is 5.60 Å². The Morgan fingerprint density at radius 3 is 3.07 bits per heavy atom. The molecule has 1 heterocycles. The molecule has 78 valence electrons. The molecule has 1 fully saturated rings. The van der Waals surface area contributed by atoms with Crippen LogP contribution in [0.5, 0.6) is 0 Å². The molecule has 1 aliphatic carbocycles. The number of nitrogens with zero attached hydrogens (tertiary/aromatic N) is 1. The minimum atomic E-state index is -0.644. The minimum Gasteiger partial charge on any atom is -0.388 e. The highest BCUT2D eigenvalue weighted by Crippen LogP contribution is 2.21. The van der Waals surface area contributed by atoms with Crippen LogP contribution in [-0.4, -0.2) is 28.3 Å². The van der Waals surface area contributed by atoms with Gasteiger partial charge in [-0.2, -0.15) is 0 Å². The van der Waals surface area contributed by atoms with Gasteiger partial charge in [0.15, 0.2) is 0 Å². The second-order valence-corrected chi connectivity index (χ2v) is 5.27. The van der Waals surface area contributed by atoms with Crippen molar-refractivity contribution >= 4 is 11.3 Å². The molecule has 1 unspecified atom stereocenters. The fourth-order valence-electron chi connectivity index (χ4n) is 1.42. The lowest BCUT2D eigenvalue weighted by molar-refractivity contribution is 0.0605. The topological polar surface area (TPSA) is 45.1 Å². The van der Waals surface area contributed by atoms with Gasteiger partial charge in [-0.05, 0) is 19.8 Å². The number of aliphatic hydroxyl groups is 1. The maximum absolute atomic E-state index is 10.1. The zero-order valence-corrected chi connectivity index (χ0v) is 9.18. The van der Waals surface area contributed by atoms with Gasteiger partial charge in [0.05, 0.1) is 11.1 Å². The molecule has 3 nitrogen and oxygen atoms in total. The van der Waals surface area contributed by atoms with Gasteiger partial charge in [-0.15, -0.1) is 11.3 Å². The third-order valence-corrected chi connectivity index (χ3v) is 3.17. The van der Waals surface area contributed by atoms with E-state index >= 15 is 0 Å². The lowest BCUT2D eigenvalue weighted by Gasteiger charge is -2.22. The van der Waals surface area contributed by atoms with Crippen LogP contribution in [0.25, 0.3) is 0 Å². The molecule has 0 amide bonds. The van der Waals surface area contributed by atoms with Gasteiger partial charge in [0.1, 0.15) is 0 Å². The summed E-state index contributed by atoms with van der Waals surface area (Å²) in [5.74, 6) is 0. The molecule has 0 aromatic carbocycles. The highest BCUT2D eigenvalue weighted by molar-refractivity contribution is 7.09. The van der Waals surface area contributed by atoms with Gasteiger partial charge in [0.25, 0.3) is 0 Å². The molecule has 14 heavy (non-hydrogen) atoms. The molecule has 2 N–H and O–H groups in total. The SMILES string of the molecule is CC(O)(CNC1CC1)Cc1cncs1. The average Bonchev–Trinajstić information content (AvgIpc) is 2.82. The number of thiazole rings is 1. The Hall–Kier alpha value is -0.450. The fourth-order valence-corrected chi connectivity index (χ4v) is 2.19. The predicted molar refractivity (Wildman–Crippen MR) is 57.5 cm³/mol. The first-order chi connectivity index (χ1) is 6.66. The molecule has 1 aromatic rings. The minimum absolute atomic E-state index is 0.644. The molecule has 0 aliphatic heterocycles. The summed E-state index contributed by atoms with van der Waals surface area (Å²) in [4.78, 5) is 5.15. The number of hydrogen-bond donors (Lipinski definition) is 2. The fraction of sp³-hybridized carbons (Fsp3) is 0.700. The normalized spacial score (nSPS) is 20.7. The van der Waals surface area contributed by atoms with E-state index in [1.54, 1.807) is 16.8 Å². The number of nitrogens with one attached hydrogen (secondary N) is 1. The van der Waals surface area contributed by atoms with E-state index in [4.69, 9.17) is 0 Å². The van der Waals surface area contributed by atoms with Gasteiger partial charge >= 0.3 is 0 Å². The van der Waals surface area contributed by atoms with Gasteiger partial charge in [0, 0.05) is 30.1 Å². The van der Waals surface area contributed by atoms with Crippen molar-refractivity contribution in [3.8, 4) is 0 Å². The Kier molecular flexibility index (Phi) is 2.85. The van der Waals surface area contributed by atoms with Gasteiger partial charge in [-0.1, -0.05) is 0 Å². The van der Waals surface area contributed by atoms with E-state index in [0.29, 0.717) is 19.0 Å². The maximum Gasteiger partial charge on any atom is 0.0794 e. The van der Waals surface area contributed by atoms with Crippen LogP contribution in [0.15, 0.2) is 11.7 Å². The Balaban J connectivity index is 1.81. The number of rotatable bonds is 5. The third kappa shape index (κ3) is 3.04. The Labute approximate surface area is 88.2 Å². The Morgan fingerprint density at radius 2 is 2.50 bits per heavy atom. The Bertz CT molecular complexity index is 280. The second-order valence-electron chi connectivity index (χ2n) is 4.30. The molecule has 2 rings (SSSR count). The summed E-state index contributed by atoms with van der Waals surface area (Å²) in [7, 11) is 0. The molecule has 1 atom stereocenters. The highest BCUT2D eigenvalue weighted by Gasteiger charge is 2.27. The van der Waals surface area contributed by atoms with Crippen LogP contribution in [0.1, 0.15) is 24.6 Å². The summed E-state index contributed by atoms with van der Waals surface area (Å²) in [5, 5.41) is 13.4. The summed E-state index contributed by atoms with van der Waals surface area (Å²) in [6, 6.07) is 0.655. The molecule has 0 bridgehead atoms. The smallest absolute Gasteiger partial charge is 0.0794 e. The molecular weight excluding hydrogens is 196 g/mol. The van der Waals surface area contributed by atoms with Gasteiger partial charge in [-0.3, -0.25) is 4.98 Å². The van der Waals surface area contributed by atoms with Gasteiger partial charge in [-0.25, -0.2) is 0 Å². The van der Waals surface area contributed by atoms with E-state index in [-0.39, 0.29) is 0 Å². The molecular formula is C10H16N2OS. The van der Waals surface area contributed by atoms with Crippen molar-refractivity contribution in [1.29, 1.82) is 0 Å². The van der Waals surface area contributed by atoms with Crippen LogP contribution in [0, 0.1) is 0 Å². The quantitative estimate of drug-likeness (QED) is 0.770. The third-order valence-electron chi connectivity index (χ3n) is 2.39. The lowest BCUT2D eigenvalue weighted by Crippen LogP contribution is -2.40. The van der Waals surface area contributed by atoms with E-state index in [0.717, 1.165) is 4.88 Å². The van der Waals surface area contributed by atoms with Crippen molar-refractivity contribution in [3.05, 3.63) is 16.6 Å². The van der Waals surface area contributed by atoms with Crippen LogP contribution in [-0.2, 0) is 6.42 Å². The van der Waals surface area contributed by atoms with Crippen molar-refractivity contribution in [2.45, 2.75) is 37.8 Å². The number of hydrogen-bond acceptors (Lipinski definition) is 4. The van der Waals surface area contributed by atoms with E-state index in [9.17, 15) is 5.11 Å². The lowest BCUT2D eigenvalue weighted by atomic mass is 10.0. The summed E-state index contributed by atoms with van der Waals surface area (Å²) in [5.41, 5.74) is 1.16. The summed E-state index contributed by atoms with van der Waals surface area (Å²) >= 11 is 1.60. The molecule has 1 aliphatic rings. The van der Waals surface area contributed by atoms with Crippen molar-refractivity contribution in [2.24, 2.45) is 0 Å². The van der Waals surface area contributed by atoms with E-state index in [1.807, 2.05) is 13.1 Å². The monoisotopic (exact) mass is 212 g/mol. The summed E-state index contributed by atoms with van der Waals surface area (Å²) in [6.07, 6.45) is 5.04. The molecule has 1 aromatic heterocycles. The molecule has 1 saturated carbocycles. The van der Waals surface area contributed by atoms with E-state index in [2.05, 4.69) is 10.3 Å². The maximum atomic E-state index is 10.1. The number of aromatic nitrogens is 1. The van der Waals surface area contributed by atoms with Crippen molar-refractivity contribution in [3.63, 3.8) is 0 Å². The summed E-state index contributed by atoms with van der Waals surface area (Å²) in [6.45, 7) is 2.55. The van der Waals surface area contributed by atoms with Gasteiger partial charge in [0.2, 0.25) is 0 Å². The van der Waals surface area contributed by atoms with Crippen LogP contribution >= 0.6 is 11.3 Å². The second kappa shape index (κ2) is 3.96. The predicted octanol–water partition coefficient (Wildman–Crippen LogP) is 1.19. The Morgan fingerprint density at radius 1 is 1.71 bits per heavy atom. The van der Waals surface area contributed by atoms with Crippen molar-refractivity contribution in [2.75, 3.05) is 6.54 Å². The summed E-state index contributed by atoms with van der Waals surface area (Å²) < 4.78 is 0. The van der Waals surface area contributed by atoms with Crippen LogP contribution < -0.4 is 5.32 Å². The first-order valence-corrected chi connectivity index (χ1v) is 5.87. The first-order valence-electron chi connectivity index (χ1n) is 4.99.